The van der Waals surface area contributed by atoms with Gasteiger partial charge in [-0.15, -0.1) is 0 Å². The predicted molar refractivity (Wildman–Crippen MR) is 77.4 cm³/mol. The Morgan fingerprint density at radius 3 is 2.35 bits per heavy atom. The maximum absolute atomic E-state index is 10.8. The molecule has 0 aliphatic heterocycles. The number of rotatable bonds is 7. The molecule has 0 fully saturated rings. The fourth-order valence-corrected chi connectivity index (χ4v) is 2.54. The number of hydrogen-bond donors (Lipinski definition) is 1. The van der Waals surface area contributed by atoms with E-state index in [-0.39, 0.29) is 6.16 Å². The fourth-order valence-electron chi connectivity index (χ4n) is 2.00. The molecule has 1 aromatic rings. The molecule has 1 aromatic carbocycles. The summed E-state index contributed by atoms with van der Waals surface area (Å²) >= 11 is 0. The predicted octanol–water partition coefficient (Wildman–Crippen LogP) is 1.21. The Labute approximate surface area is 119 Å². The van der Waals surface area contributed by atoms with Crippen LogP contribution in [0.25, 0.3) is 0 Å². The number of ether oxygens (including phenoxy) is 2. The van der Waals surface area contributed by atoms with Crippen LogP contribution in [0.2, 0.25) is 0 Å². The van der Waals surface area contributed by atoms with Gasteiger partial charge in [0.1, 0.15) is 13.3 Å². The first kappa shape index (κ1) is 17.0. The van der Waals surface area contributed by atoms with Crippen molar-refractivity contribution in [2.45, 2.75) is 6.42 Å². The second kappa shape index (κ2) is 6.59. The molecule has 114 valence electrons. The van der Waals surface area contributed by atoms with Crippen LogP contribution in [-0.2, 0) is 4.57 Å². The molecule has 1 rings (SSSR count). The van der Waals surface area contributed by atoms with Gasteiger partial charge in [-0.2, -0.15) is 0 Å². The topological polar surface area (TPSA) is 78.8 Å². The maximum Gasteiger partial charge on any atom is 0.166 e. The number of nitrogens with zero attached hydrogens (tertiary/aromatic N) is 1. The first-order chi connectivity index (χ1) is 9.19. The smallest absolute Gasteiger partial charge is 0.166 e. The molecule has 0 heterocycles. The molecule has 0 saturated carbocycles. The van der Waals surface area contributed by atoms with Gasteiger partial charge in [-0.05, 0) is 6.07 Å². The third-order valence-electron chi connectivity index (χ3n) is 3.22. The van der Waals surface area contributed by atoms with Crippen LogP contribution in [0.4, 0.5) is 5.69 Å². The molecule has 0 spiro atoms. The van der Waals surface area contributed by atoms with Gasteiger partial charge in [0, 0.05) is 24.7 Å². The third kappa shape index (κ3) is 4.80. The molecule has 1 atom stereocenters. The molecule has 0 radical (unpaired) electrons. The monoisotopic (exact) mass is 303 g/mol. The van der Waals surface area contributed by atoms with E-state index < -0.39 is 7.60 Å². The average Bonchev–Trinajstić information content (AvgIpc) is 2.36. The zero-order valence-electron chi connectivity index (χ0n) is 12.3. The minimum Gasteiger partial charge on any atom is -0.779 e. The third-order valence-corrected chi connectivity index (χ3v) is 4.11. The number of benzene rings is 1. The van der Waals surface area contributed by atoms with Crippen molar-refractivity contribution in [1.29, 1.82) is 0 Å². The summed E-state index contributed by atoms with van der Waals surface area (Å²) in [6.45, 7) is 0.586. The van der Waals surface area contributed by atoms with Crippen LogP contribution < -0.4 is 18.9 Å². The highest BCUT2D eigenvalue weighted by molar-refractivity contribution is 7.50. The molecular formula is C13H22NO5P. The summed E-state index contributed by atoms with van der Waals surface area (Å²) in [6, 6.07) is 5.60. The van der Waals surface area contributed by atoms with Crippen LogP contribution in [0.5, 0.6) is 11.5 Å². The molecule has 0 aliphatic carbocycles. The van der Waals surface area contributed by atoms with Crippen LogP contribution in [0.15, 0.2) is 18.2 Å². The van der Waals surface area contributed by atoms with Gasteiger partial charge in [0.25, 0.3) is 0 Å². The number of quaternary nitrogens is 1. The highest BCUT2D eigenvalue weighted by atomic mass is 31.2. The highest BCUT2D eigenvalue weighted by Crippen LogP contribution is 2.34. The zero-order valence-corrected chi connectivity index (χ0v) is 13.2. The summed E-state index contributed by atoms with van der Waals surface area (Å²) in [5.74, 6) is 1.28. The second-order valence-corrected chi connectivity index (χ2v) is 6.88. The van der Waals surface area contributed by atoms with Gasteiger partial charge in [-0.1, -0.05) is 0 Å². The molecule has 1 N–H and O–H groups in total. The molecule has 6 nitrogen and oxygen atoms in total. The number of methoxy groups -OCH3 is 2. The minimum atomic E-state index is -4.18. The fraction of sp³-hybridized carbons (Fsp3) is 0.538. The van der Waals surface area contributed by atoms with Crippen LogP contribution in [-0.4, -0.2) is 45.9 Å². The lowest BCUT2D eigenvalue weighted by Gasteiger charge is -2.30. The van der Waals surface area contributed by atoms with Crippen molar-refractivity contribution in [2.75, 3.05) is 41.0 Å². The van der Waals surface area contributed by atoms with Crippen LogP contribution in [0.1, 0.15) is 6.42 Å². The molecule has 0 saturated heterocycles. The van der Waals surface area contributed by atoms with Crippen molar-refractivity contribution >= 4 is 13.3 Å². The van der Waals surface area contributed by atoms with E-state index >= 15 is 0 Å². The van der Waals surface area contributed by atoms with E-state index in [9.17, 15) is 9.46 Å². The van der Waals surface area contributed by atoms with Crippen molar-refractivity contribution in [2.24, 2.45) is 0 Å². The van der Waals surface area contributed by atoms with E-state index in [0.29, 0.717) is 28.9 Å². The summed E-state index contributed by atoms with van der Waals surface area (Å²) in [7, 11) is 2.90. The lowest BCUT2D eigenvalue weighted by atomic mass is 10.2. The Hall–Kier alpha value is -1.07. The molecular weight excluding hydrogens is 281 g/mol. The number of hydrogen-bond acceptors (Lipinski definition) is 4. The molecule has 0 aromatic heterocycles. The Balaban J connectivity index is 2.84. The van der Waals surface area contributed by atoms with Gasteiger partial charge in [-0.25, -0.2) is 0 Å². The van der Waals surface area contributed by atoms with E-state index in [1.807, 2.05) is 32.3 Å². The largest absolute Gasteiger partial charge is 0.779 e. The van der Waals surface area contributed by atoms with Gasteiger partial charge in [0.15, 0.2) is 11.5 Å². The summed E-state index contributed by atoms with van der Waals surface area (Å²) in [4.78, 5) is 19.6. The van der Waals surface area contributed by atoms with Crippen molar-refractivity contribution in [1.82, 2.24) is 4.48 Å². The van der Waals surface area contributed by atoms with Crippen molar-refractivity contribution in [3.8, 4) is 11.5 Å². The second-order valence-electron chi connectivity index (χ2n) is 5.16. The lowest BCUT2D eigenvalue weighted by molar-refractivity contribution is -0.193. The Morgan fingerprint density at radius 2 is 1.85 bits per heavy atom. The lowest BCUT2D eigenvalue weighted by Crippen LogP contribution is -2.41. The molecule has 0 aliphatic rings. The summed E-state index contributed by atoms with van der Waals surface area (Å²) in [5, 5.41) is 0. The van der Waals surface area contributed by atoms with Crippen LogP contribution in [0.3, 0.4) is 0 Å². The normalized spacial score (nSPS) is 14.7. The van der Waals surface area contributed by atoms with Crippen molar-refractivity contribution in [3.63, 3.8) is 0 Å². The average molecular weight is 303 g/mol. The van der Waals surface area contributed by atoms with Crippen LogP contribution >= 0.6 is 7.60 Å². The van der Waals surface area contributed by atoms with Crippen molar-refractivity contribution in [3.05, 3.63) is 18.2 Å². The Kier molecular flexibility index (Phi) is 5.59. The van der Waals surface area contributed by atoms with E-state index in [1.165, 1.54) is 0 Å². The minimum absolute atomic E-state index is 0.206. The van der Waals surface area contributed by atoms with Crippen molar-refractivity contribution < 1.29 is 23.8 Å². The molecule has 1 unspecified atom stereocenters. The highest BCUT2D eigenvalue weighted by Gasteiger charge is 2.21. The molecule has 0 bridgehead atoms. The molecule has 0 amide bonds. The Bertz CT molecular complexity index is 498. The van der Waals surface area contributed by atoms with E-state index in [2.05, 4.69) is 0 Å². The van der Waals surface area contributed by atoms with Gasteiger partial charge in [-0.3, -0.25) is 4.48 Å². The van der Waals surface area contributed by atoms with E-state index in [0.717, 1.165) is 5.69 Å². The summed E-state index contributed by atoms with van der Waals surface area (Å²) < 4.78 is 21.7. The molecule has 7 heteroatoms. The first-order valence-corrected chi connectivity index (χ1v) is 8.04. The SMILES string of the molecule is COc1ccc([N+](C)(C)CCCP(=O)([O-])O)cc1OC. The Morgan fingerprint density at radius 1 is 1.25 bits per heavy atom. The summed E-state index contributed by atoms with van der Waals surface area (Å²) in [6.07, 6.45) is 0.181. The standard InChI is InChI=1S/C13H22NO5P/c1-14(2,8-5-9-20(15,16)17)11-6-7-12(18-3)13(10-11)19-4/h6-7,10H,5,8-9H2,1-4H3,(H-,15,16,17). The van der Waals surface area contributed by atoms with Crippen LogP contribution in [0, 0.1) is 0 Å². The summed E-state index contributed by atoms with van der Waals surface area (Å²) in [5.41, 5.74) is 0.973. The quantitative estimate of drug-likeness (QED) is 0.605. The van der Waals surface area contributed by atoms with Gasteiger partial charge in [0.05, 0.1) is 34.9 Å². The van der Waals surface area contributed by atoms with Gasteiger partial charge < -0.3 is 23.8 Å². The zero-order chi connectivity index (χ0) is 15.4. The van der Waals surface area contributed by atoms with Gasteiger partial charge >= 0.3 is 0 Å². The van der Waals surface area contributed by atoms with Gasteiger partial charge in [0.2, 0.25) is 0 Å². The van der Waals surface area contributed by atoms with E-state index in [4.69, 9.17) is 14.4 Å². The molecule has 20 heavy (non-hydrogen) atoms. The maximum atomic E-state index is 10.8. The first-order valence-electron chi connectivity index (χ1n) is 6.28. The van der Waals surface area contributed by atoms with E-state index in [1.54, 1.807) is 14.2 Å².